The number of benzene rings is 4. The molecule has 0 saturated carbocycles. The first-order chi connectivity index (χ1) is 19.6. The van der Waals surface area contributed by atoms with E-state index in [0.717, 1.165) is 16.6 Å². The molecule has 0 radical (unpaired) electrons. The Hall–Kier alpha value is -5.18. The Kier molecular flexibility index (Phi) is 6.84. The Morgan fingerprint density at radius 2 is 1.68 bits per heavy atom. The molecule has 1 aliphatic rings. The molecule has 0 bridgehead atoms. The van der Waals surface area contributed by atoms with Crippen LogP contribution in [0.25, 0.3) is 11.0 Å². The number of ether oxygens (including phenoxy) is 2. The fourth-order valence-electron chi connectivity index (χ4n) is 4.88. The number of aryl methyl sites for hydroxylation is 1. The summed E-state index contributed by atoms with van der Waals surface area (Å²) in [5, 5.41) is 11.5. The number of hydrogen-bond donors (Lipinski definition) is 1. The Morgan fingerprint density at radius 1 is 0.925 bits per heavy atom. The highest BCUT2D eigenvalue weighted by Gasteiger charge is 2.35. The van der Waals surface area contributed by atoms with E-state index in [1.807, 2.05) is 85.8 Å². The van der Waals surface area contributed by atoms with E-state index in [-0.39, 0.29) is 25.2 Å². The number of nitrogens with one attached hydrogen (secondary N) is 1. The van der Waals surface area contributed by atoms with Crippen molar-refractivity contribution in [3.63, 3.8) is 0 Å². The standard InChI is InChI=1S/C31H27N5O4/c1-21-9-5-6-12-24(21)30(31(38)32-18-22-10-3-2-4-11-22)36(23-15-16-27-28(17-23)40-20-39-27)29(37)19-35-26-14-8-7-13-25(26)33-34-35/h2-17,30H,18-20H2,1H3,(H,32,38)/t30-/m0/s1. The van der Waals surface area contributed by atoms with E-state index in [4.69, 9.17) is 9.47 Å². The second kappa shape index (κ2) is 10.9. The Balaban J connectivity index is 1.43. The number of amides is 2. The lowest BCUT2D eigenvalue weighted by Gasteiger charge is -2.32. The van der Waals surface area contributed by atoms with Gasteiger partial charge in [0.25, 0.3) is 0 Å². The molecule has 1 aromatic heterocycles. The van der Waals surface area contributed by atoms with Crippen LogP contribution < -0.4 is 19.7 Å². The van der Waals surface area contributed by atoms with Crippen LogP contribution in [-0.4, -0.2) is 33.6 Å². The van der Waals surface area contributed by atoms with Gasteiger partial charge in [0.05, 0.1) is 5.52 Å². The number of para-hydroxylation sites is 1. The van der Waals surface area contributed by atoms with Crippen LogP contribution in [-0.2, 0) is 22.7 Å². The Morgan fingerprint density at radius 3 is 2.52 bits per heavy atom. The Bertz CT molecular complexity index is 1680. The summed E-state index contributed by atoms with van der Waals surface area (Å²) in [6, 6.07) is 29.0. The molecule has 4 aromatic carbocycles. The van der Waals surface area contributed by atoms with Gasteiger partial charge in [-0.2, -0.15) is 0 Å². The molecule has 1 aliphatic heterocycles. The SMILES string of the molecule is Cc1ccccc1[C@@H](C(=O)NCc1ccccc1)N(C(=O)Cn1nnc2ccccc21)c1ccc2c(c1)OCO2. The average molecular weight is 534 g/mol. The minimum Gasteiger partial charge on any atom is -0.454 e. The van der Waals surface area contributed by atoms with Gasteiger partial charge in [-0.3, -0.25) is 14.5 Å². The van der Waals surface area contributed by atoms with Crippen LogP contribution in [0, 0.1) is 6.92 Å². The maximum Gasteiger partial charge on any atom is 0.249 e. The number of hydrogen-bond acceptors (Lipinski definition) is 6. The van der Waals surface area contributed by atoms with Crippen molar-refractivity contribution in [1.82, 2.24) is 20.3 Å². The maximum absolute atomic E-state index is 14.2. The van der Waals surface area contributed by atoms with Crippen molar-refractivity contribution in [1.29, 1.82) is 0 Å². The molecule has 9 nitrogen and oxygen atoms in total. The third-order valence-corrected chi connectivity index (χ3v) is 6.91. The number of fused-ring (bicyclic) bond motifs is 2. The summed E-state index contributed by atoms with van der Waals surface area (Å²) in [5.41, 5.74) is 4.45. The van der Waals surface area contributed by atoms with Gasteiger partial charge in [-0.05, 0) is 47.9 Å². The minimum absolute atomic E-state index is 0.0937. The molecule has 9 heteroatoms. The normalized spacial score (nSPS) is 12.7. The van der Waals surface area contributed by atoms with Crippen LogP contribution >= 0.6 is 0 Å². The fraction of sp³-hybridized carbons (Fsp3) is 0.161. The van der Waals surface area contributed by atoms with Crippen LogP contribution in [0.2, 0.25) is 0 Å². The predicted octanol–water partition coefficient (Wildman–Crippen LogP) is 4.56. The average Bonchev–Trinajstić information content (AvgIpc) is 3.62. The second-order valence-electron chi connectivity index (χ2n) is 9.50. The summed E-state index contributed by atoms with van der Waals surface area (Å²) in [6.07, 6.45) is 0. The molecule has 1 N–H and O–H groups in total. The van der Waals surface area contributed by atoms with Crippen LogP contribution in [0.3, 0.4) is 0 Å². The van der Waals surface area contributed by atoms with Crippen molar-refractivity contribution in [2.75, 3.05) is 11.7 Å². The number of anilines is 1. The number of rotatable bonds is 8. The molecule has 0 spiro atoms. The third-order valence-electron chi connectivity index (χ3n) is 6.91. The molecular weight excluding hydrogens is 506 g/mol. The van der Waals surface area contributed by atoms with Crippen molar-refractivity contribution in [3.05, 3.63) is 114 Å². The van der Waals surface area contributed by atoms with Crippen LogP contribution in [0.15, 0.2) is 97.1 Å². The number of carbonyl (C=O) groups is 2. The largest absolute Gasteiger partial charge is 0.454 e. The van der Waals surface area contributed by atoms with Crippen molar-refractivity contribution in [2.24, 2.45) is 0 Å². The van der Waals surface area contributed by atoms with E-state index in [0.29, 0.717) is 34.8 Å². The highest BCUT2D eigenvalue weighted by atomic mass is 16.7. The van der Waals surface area contributed by atoms with Gasteiger partial charge in [0.2, 0.25) is 18.6 Å². The molecule has 1 atom stereocenters. The molecule has 0 unspecified atom stereocenters. The molecule has 0 saturated heterocycles. The summed E-state index contributed by atoms with van der Waals surface area (Å²) in [6.45, 7) is 2.22. The molecule has 2 heterocycles. The second-order valence-corrected chi connectivity index (χ2v) is 9.50. The van der Waals surface area contributed by atoms with Gasteiger partial charge < -0.3 is 14.8 Å². The summed E-state index contributed by atoms with van der Waals surface area (Å²) in [4.78, 5) is 29.8. The van der Waals surface area contributed by atoms with Crippen molar-refractivity contribution in [2.45, 2.75) is 26.1 Å². The monoisotopic (exact) mass is 533 g/mol. The van der Waals surface area contributed by atoms with E-state index in [1.165, 1.54) is 4.90 Å². The van der Waals surface area contributed by atoms with Crippen molar-refractivity contribution >= 4 is 28.5 Å². The van der Waals surface area contributed by atoms with Gasteiger partial charge in [-0.1, -0.05) is 71.9 Å². The van der Waals surface area contributed by atoms with Gasteiger partial charge in [-0.25, -0.2) is 4.68 Å². The van der Waals surface area contributed by atoms with E-state index >= 15 is 0 Å². The molecule has 0 fully saturated rings. The molecule has 5 aromatic rings. The molecule has 0 aliphatic carbocycles. The van der Waals surface area contributed by atoms with Gasteiger partial charge in [-0.15, -0.1) is 5.10 Å². The third kappa shape index (κ3) is 4.96. The first kappa shape index (κ1) is 25.1. The number of aromatic nitrogens is 3. The highest BCUT2D eigenvalue weighted by Crippen LogP contribution is 2.38. The number of nitrogens with zero attached hydrogens (tertiary/aromatic N) is 4. The lowest BCUT2D eigenvalue weighted by molar-refractivity contribution is -0.127. The van der Waals surface area contributed by atoms with Crippen LogP contribution in [0.1, 0.15) is 22.7 Å². The van der Waals surface area contributed by atoms with E-state index < -0.39 is 6.04 Å². The molecule has 6 rings (SSSR count). The van der Waals surface area contributed by atoms with Gasteiger partial charge in [0.15, 0.2) is 11.5 Å². The highest BCUT2D eigenvalue weighted by molar-refractivity contribution is 6.02. The molecular formula is C31H27N5O4. The molecule has 2 amide bonds. The molecule has 40 heavy (non-hydrogen) atoms. The first-order valence-corrected chi connectivity index (χ1v) is 13.0. The number of carbonyl (C=O) groups excluding carboxylic acids is 2. The molecule has 200 valence electrons. The maximum atomic E-state index is 14.2. The fourth-order valence-corrected chi connectivity index (χ4v) is 4.88. The topological polar surface area (TPSA) is 98.6 Å². The van der Waals surface area contributed by atoms with Crippen LogP contribution in [0.4, 0.5) is 5.69 Å². The smallest absolute Gasteiger partial charge is 0.249 e. The van der Waals surface area contributed by atoms with Crippen molar-refractivity contribution in [3.8, 4) is 11.5 Å². The first-order valence-electron chi connectivity index (χ1n) is 13.0. The summed E-state index contributed by atoms with van der Waals surface area (Å²) >= 11 is 0. The van der Waals surface area contributed by atoms with E-state index in [1.54, 1.807) is 22.9 Å². The van der Waals surface area contributed by atoms with Gasteiger partial charge in [0, 0.05) is 18.3 Å². The van der Waals surface area contributed by atoms with Gasteiger partial charge in [0.1, 0.15) is 18.1 Å². The lowest BCUT2D eigenvalue weighted by atomic mass is 9.98. The lowest BCUT2D eigenvalue weighted by Crippen LogP contribution is -2.45. The van der Waals surface area contributed by atoms with E-state index in [9.17, 15) is 9.59 Å². The predicted molar refractivity (Wildman–Crippen MR) is 150 cm³/mol. The summed E-state index contributed by atoms with van der Waals surface area (Å²) in [5.74, 6) is 0.444. The van der Waals surface area contributed by atoms with Crippen LogP contribution in [0.5, 0.6) is 11.5 Å². The van der Waals surface area contributed by atoms with Crippen molar-refractivity contribution < 1.29 is 19.1 Å². The zero-order chi connectivity index (χ0) is 27.5. The zero-order valence-corrected chi connectivity index (χ0v) is 21.9. The quantitative estimate of drug-likeness (QED) is 0.314. The Labute approximate surface area is 230 Å². The van der Waals surface area contributed by atoms with Gasteiger partial charge >= 0.3 is 0 Å². The summed E-state index contributed by atoms with van der Waals surface area (Å²) < 4.78 is 12.7. The zero-order valence-electron chi connectivity index (χ0n) is 21.9. The summed E-state index contributed by atoms with van der Waals surface area (Å²) in [7, 11) is 0. The van der Waals surface area contributed by atoms with E-state index in [2.05, 4.69) is 15.6 Å². The minimum atomic E-state index is -0.965.